The van der Waals surface area contributed by atoms with Crippen molar-refractivity contribution in [1.82, 2.24) is 74.8 Å². The van der Waals surface area contributed by atoms with E-state index in [1.54, 1.807) is 98.9 Å². The maximum atomic E-state index is 10.8. The van der Waals surface area contributed by atoms with E-state index in [4.69, 9.17) is 56.2 Å². The number of aliphatic carboxylic acids is 1. The zero-order valence-electron chi connectivity index (χ0n) is 56.7. The van der Waals surface area contributed by atoms with Crippen LogP contribution < -0.4 is 0 Å². The van der Waals surface area contributed by atoms with Gasteiger partial charge in [-0.25, -0.2) is 123 Å². The second kappa shape index (κ2) is 47.8. The number of pyridine rings is 6. The van der Waals surface area contributed by atoms with Crippen LogP contribution >= 0.6 is 0 Å². The van der Waals surface area contributed by atoms with E-state index in [1.807, 2.05) is 37.3 Å². The van der Waals surface area contributed by atoms with E-state index < -0.39 is 65.7 Å². The zero-order valence-corrected chi connectivity index (χ0v) is 56.7. The van der Waals surface area contributed by atoms with Crippen molar-refractivity contribution in [1.29, 1.82) is 0 Å². The predicted octanol–water partition coefficient (Wildman–Crippen LogP) is 7.50. The van der Waals surface area contributed by atoms with Gasteiger partial charge in [0.15, 0.2) is 17.1 Å². The van der Waals surface area contributed by atoms with Gasteiger partial charge >= 0.3 is 65.7 Å². The van der Waals surface area contributed by atoms with Gasteiger partial charge in [-0.2, -0.15) is 0 Å². The van der Waals surface area contributed by atoms with Gasteiger partial charge in [-0.3, -0.25) is 9.97 Å². The minimum Gasteiger partial charge on any atom is -0.478 e. The Kier molecular flexibility index (Phi) is 38.1. The van der Waals surface area contributed by atoms with Crippen molar-refractivity contribution in [3.05, 3.63) is 294 Å². The van der Waals surface area contributed by atoms with Crippen molar-refractivity contribution >= 4 is 93.4 Å². The Bertz CT molecular complexity index is 4670. The lowest BCUT2D eigenvalue weighted by molar-refractivity contribution is -0.130. The van der Waals surface area contributed by atoms with Crippen molar-refractivity contribution in [3.63, 3.8) is 0 Å². The third-order valence-electron chi connectivity index (χ3n) is 11.8. The Hall–Kier alpha value is -16.3. The average Bonchev–Trinajstić information content (AvgIpc) is 1.21. The quantitative estimate of drug-likeness (QED) is 0.0596. The maximum absolute atomic E-state index is 10.8. The molecule has 2 aromatic carbocycles. The van der Waals surface area contributed by atoms with Crippen molar-refractivity contribution in [2.45, 2.75) is 20.8 Å². The molecule has 39 heteroatoms. The van der Waals surface area contributed by atoms with Crippen LogP contribution in [0.3, 0.4) is 0 Å². The molecule has 0 unspecified atom stereocenters. The highest BCUT2D eigenvalue weighted by Gasteiger charge is 2.15. The second-order valence-electron chi connectivity index (χ2n) is 19.6. The molecule has 0 spiro atoms. The smallest absolute Gasteiger partial charge is 0.391 e. The lowest BCUT2D eigenvalue weighted by Crippen LogP contribution is -2.12. The lowest BCUT2D eigenvalue weighted by atomic mass is 10.1. The monoisotopic (exact) mass is 1490 g/mol. The van der Waals surface area contributed by atoms with Crippen molar-refractivity contribution < 1.29 is 114 Å². The summed E-state index contributed by atoms with van der Waals surface area (Å²) in [6.45, 7) is 6.18. The summed E-state index contributed by atoms with van der Waals surface area (Å²) in [5.74, 6) is -11.8. The number of benzene rings is 2. The molecular formula is C70H60N16O23. The molecule has 13 rings (SSSR count). The van der Waals surface area contributed by atoms with Crippen LogP contribution in [0.5, 0.6) is 0 Å². The first-order valence-corrected chi connectivity index (χ1v) is 30.0. The molecule has 0 saturated heterocycles. The number of rotatable bonds is 11. The fourth-order valence-corrected chi connectivity index (χ4v) is 7.03. The number of aryl methyl sites for hydroxylation is 3. The third-order valence-corrected chi connectivity index (χ3v) is 11.8. The van der Waals surface area contributed by atoms with Gasteiger partial charge in [0.25, 0.3) is 5.90 Å². The minimum absolute atomic E-state index is 0.0185. The van der Waals surface area contributed by atoms with Gasteiger partial charge < -0.3 is 60.9 Å². The summed E-state index contributed by atoms with van der Waals surface area (Å²) in [4.78, 5) is 170. The Labute approximate surface area is 612 Å². The van der Waals surface area contributed by atoms with Gasteiger partial charge in [0, 0.05) is 72.2 Å². The molecule has 0 amide bonds. The van der Waals surface area contributed by atoms with Gasteiger partial charge in [-0.1, -0.05) is 60.7 Å². The van der Waals surface area contributed by atoms with E-state index in [1.165, 1.54) is 92.4 Å². The molecule has 1 aliphatic heterocycles. The molecule has 12 aromatic rings. The number of aliphatic imine (C=N–C) groups is 1. The Morgan fingerprint density at radius 1 is 0.339 bits per heavy atom. The summed E-state index contributed by atoms with van der Waals surface area (Å²) < 4.78 is 4.56. The summed E-state index contributed by atoms with van der Waals surface area (Å²) >= 11 is 0. The number of carboxylic acid groups (broad SMARTS) is 11. The van der Waals surface area contributed by atoms with E-state index in [9.17, 15) is 52.7 Å². The Balaban J connectivity index is 0.000000312. The van der Waals surface area contributed by atoms with Crippen LogP contribution in [-0.4, -0.2) is 216 Å². The number of hydrogen-bond acceptors (Lipinski definition) is 28. The molecular weight excluding hydrogens is 1430 g/mol. The molecule has 0 aliphatic carbocycles. The molecule has 0 fully saturated rings. The molecule has 558 valence electrons. The molecule has 109 heavy (non-hydrogen) atoms. The number of ether oxygens (including phenoxy) is 1. The van der Waals surface area contributed by atoms with Crippen LogP contribution in [0, 0.1) is 20.8 Å². The first-order chi connectivity index (χ1) is 52.0. The average molecular weight is 1490 g/mol. The first-order valence-electron chi connectivity index (χ1n) is 30.0. The molecule has 1 aliphatic rings. The number of fused-ring (bicyclic) bond motifs is 2. The van der Waals surface area contributed by atoms with E-state index in [2.05, 4.69) is 84.5 Å². The van der Waals surface area contributed by atoms with Crippen LogP contribution in [0.2, 0.25) is 0 Å². The van der Waals surface area contributed by atoms with Gasteiger partial charge in [0.2, 0.25) is 11.6 Å². The lowest BCUT2D eigenvalue weighted by Gasteiger charge is -1.99. The fraction of sp³-hybridized carbons (Fsp3) is 0.0714. The normalized spacial score (nSPS) is 9.92. The molecule has 11 heterocycles. The number of para-hydroxylation sites is 2. The molecule has 0 bridgehead atoms. The van der Waals surface area contributed by atoms with E-state index in [0.29, 0.717) is 29.7 Å². The second-order valence-corrected chi connectivity index (χ2v) is 19.6. The minimum atomic E-state index is -1.14. The summed E-state index contributed by atoms with van der Waals surface area (Å²) in [6.07, 6.45) is 17.6. The van der Waals surface area contributed by atoms with Crippen LogP contribution in [0.1, 0.15) is 122 Å². The van der Waals surface area contributed by atoms with Crippen LogP contribution in [0.4, 0.5) is 0 Å². The van der Waals surface area contributed by atoms with E-state index in [-0.39, 0.29) is 63.0 Å². The summed E-state index contributed by atoms with van der Waals surface area (Å²) in [5.41, 5.74) is 4.29. The standard InChI is InChI=1S/2C10H7NO2.3C7H7NO2.C6H5NO2.3C5H4N2O2.C4H3N3O2.C4H5NO3/c12-10(13)8-5-1-3-7-4-2-6-11-9(7)8;12-10(13)9-6-5-7-3-1-2-4-8(7)11-9;1-5-2-3-8-6(4-5)7(9)10;1-5-3-2-4-8-6(5)7(9)10;1-5-3-2-4-6(8-5)7(9)10;8-6(9)5-3-1-2-4-7-5;8-5(9)4-3-6-1-2-7-4;8-5(9)4-1-2-6-3-7-4;8-5(9)4-6-2-1-3-7-4;8-4(9)3-6-1-5-2-7-3;6-4(7)3-5-1-2-8-3/h2*1-6H,(H,12,13);3*2-4H,1H3,(H,9,10);1-4H,(H,8,9);3*1-3H,(H,8,9);1-2H,(H,8,9);1-2H2,(H,6,7). The van der Waals surface area contributed by atoms with Crippen molar-refractivity contribution in [3.8, 4) is 0 Å². The Morgan fingerprint density at radius 3 is 1.32 bits per heavy atom. The highest BCUT2D eigenvalue weighted by Crippen LogP contribution is 2.16. The van der Waals surface area contributed by atoms with E-state index >= 15 is 0 Å². The number of carbonyl (C=O) groups is 11. The summed E-state index contributed by atoms with van der Waals surface area (Å²) in [6, 6.07) is 38.7. The van der Waals surface area contributed by atoms with Crippen LogP contribution in [0.25, 0.3) is 21.8 Å². The first kappa shape index (κ1) is 87.0. The van der Waals surface area contributed by atoms with Crippen molar-refractivity contribution in [2.75, 3.05) is 13.2 Å². The predicted molar refractivity (Wildman–Crippen MR) is 376 cm³/mol. The molecule has 0 atom stereocenters. The molecule has 10 aromatic heterocycles. The SMILES string of the molecule is Cc1cccc(C(=O)O)n1.Cc1cccnc1C(=O)O.Cc1ccnc(C(=O)O)c1.O=C(O)C1=NCCO1.O=C(O)c1ccc2ccccc2n1.O=C(O)c1cccc2cccnc12.O=C(O)c1ccccn1.O=C(O)c1ccncn1.O=C(O)c1cnccn1.O=C(O)c1ncccn1.O=C(O)c1ncncn1. The number of carboxylic acids is 11. The molecule has 0 radical (unpaired) electrons. The van der Waals surface area contributed by atoms with Gasteiger partial charge in [0.05, 0.1) is 29.3 Å². The zero-order chi connectivity index (χ0) is 80.6. The fourth-order valence-electron chi connectivity index (χ4n) is 7.03. The Morgan fingerprint density at radius 2 is 0.872 bits per heavy atom. The van der Waals surface area contributed by atoms with Gasteiger partial charge in [0.1, 0.15) is 48.4 Å². The number of aromatic carboxylic acids is 10. The number of nitrogens with zero attached hydrogens (tertiary/aromatic N) is 16. The topological polar surface area (TPSA) is 625 Å². The highest BCUT2D eigenvalue weighted by atomic mass is 16.5. The summed E-state index contributed by atoms with van der Waals surface area (Å²) in [5, 5.41) is 94.3. The number of aromatic nitrogens is 15. The van der Waals surface area contributed by atoms with Crippen LogP contribution in [-0.2, 0) is 9.53 Å². The largest absolute Gasteiger partial charge is 0.478 e. The molecule has 39 nitrogen and oxygen atoms in total. The maximum Gasteiger partial charge on any atom is 0.391 e. The number of hydrogen-bond donors (Lipinski definition) is 11. The van der Waals surface area contributed by atoms with Crippen LogP contribution in [0.15, 0.2) is 225 Å². The van der Waals surface area contributed by atoms with Gasteiger partial charge in [-0.05, 0) is 111 Å². The molecule has 0 saturated carbocycles. The molecule has 11 N–H and O–H groups in total. The highest BCUT2D eigenvalue weighted by molar-refractivity contribution is 6.32. The summed E-state index contributed by atoms with van der Waals surface area (Å²) in [7, 11) is 0. The third kappa shape index (κ3) is 34.3. The van der Waals surface area contributed by atoms with Crippen molar-refractivity contribution in [2.24, 2.45) is 4.99 Å². The van der Waals surface area contributed by atoms with Gasteiger partial charge in [-0.15, -0.1) is 0 Å². The van der Waals surface area contributed by atoms with E-state index in [0.717, 1.165) is 34.7 Å².